The number of nitrogens with two attached hydrogens (primary N) is 1. The third kappa shape index (κ3) is 4.02. The molecule has 0 aliphatic rings. The highest BCUT2D eigenvalue weighted by molar-refractivity contribution is 7.89. The number of aliphatic carboxylic acids is 1. The van der Waals surface area contributed by atoms with Crippen LogP contribution in [-0.2, 0) is 14.8 Å². The molecule has 0 heterocycles. The van der Waals surface area contributed by atoms with Crippen molar-refractivity contribution in [2.75, 3.05) is 13.1 Å². The zero-order valence-corrected chi connectivity index (χ0v) is 12.9. The van der Waals surface area contributed by atoms with Crippen LogP contribution in [0.5, 0.6) is 0 Å². The predicted molar refractivity (Wildman–Crippen MR) is 76.5 cm³/mol. The van der Waals surface area contributed by atoms with Crippen molar-refractivity contribution in [1.29, 1.82) is 0 Å². The Morgan fingerprint density at radius 1 is 1.29 bits per heavy atom. The van der Waals surface area contributed by atoms with Crippen LogP contribution in [0.1, 0.15) is 28.4 Å². The summed E-state index contributed by atoms with van der Waals surface area (Å²) in [5.74, 6) is -1.69. The Labute approximate surface area is 123 Å². The van der Waals surface area contributed by atoms with E-state index in [1.54, 1.807) is 20.8 Å². The van der Waals surface area contributed by atoms with Crippen LogP contribution in [-0.4, -0.2) is 43.4 Å². The van der Waals surface area contributed by atoms with Gasteiger partial charge in [-0.15, -0.1) is 0 Å². The molecule has 1 amide bonds. The molecule has 0 atom stereocenters. The van der Waals surface area contributed by atoms with Gasteiger partial charge in [0.15, 0.2) is 0 Å². The fraction of sp³-hybridized carbons (Fsp3) is 0.385. The fourth-order valence-electron chi connectivity index (χ4n) is 1.92. The van der Waals surface area contributed by atoms with Crippen molar-refractivity contribution in [2.45, 2.75) is 25.7 Å². The Morgan fingerprint density at radius 3 is 2.29 bits per heavy atom. The molecule has 0 aromatic heterocycles. The van der Waals surface area contributed by atoms with Gasteiger partial charge >= 0.3 is 5.97 Å². The Bertz CT molecular complexity index is 682. The molecule has 1 aromatic carbocycles. The first-order valence-electron chi connectivity index (χ1n) is 6.23. The van der Waals surface area contributed by atoms with Crippen LogP contribution in [0.25, 0.3) is 0 Å². The Balaban J connectivity index is 3.34. The second kappa shape index (κ2) is 6.23. The van der Waals surface area contributed by atoms with Crippen molar-refractivity contribution in [1.82, 2.24) is 4.90 Å². The molecule has 0 aliphatic carbocycles. The van der Waals surface area contributed by atoms with Gasteiger partial charge in [0.2, 0.25) is 10.0 Å². The van der Waals surface area contributed by atoms with Gasteiger partial charge in [0, 0.05) is 12.1 Å². The Morgan fingerprint density at radius 2 is 1.86 bits per heavy atom. The molecule has 0 radical (unpaired) electrons. The van der Waals surface area contributed by atoms with E-state index in [2.05, 4.69) is 0 Å². The zero-order chi connectivity index (χ0) is 16.4. The lowest BCUT2D eigenvalue weighted by atomic mass is 10.1. The minimum absolute atomic E-state index is 0.102. The van der Waals surface area contributed by atoms with Gasteiger partial charge in [-0.3, -0.25) is 9.59 Å². The second-order valence-corrected chi connectivity index (χ2v) is 6.20. The number of amides is 1. The molecule has 0 saturated heterocycles. The Kier molecular flexibility index (Phi) is 5.08. The van der Waals surface area contributed by atoms with Gasteiger partial charge in [-0.2, -0.15) is 0 Å². The van der Waals surface area contributed by atoms with Gasteiger partial charge in [-0.25, -0.2) is 13.6 Å². The summed E-state index contributed by atoms with van der Waals surface area (Å²) in [6.07, 6.45) is 0. The maximum atomic E-state index is 12.3. The van der Waals surface area contributed by atoms with Crippen LogP contribution in [0, 0.1) is 13.8 Å². The monoisotopic (exact) mass is 314 g/mol. The molecule has 0 aliphatic heterocycles. The summed E-state index contributed by atoms with van der Waals surface area (Å²) in [4.78, 5) is 24.0. The van der Waals surface area contributed by atoms with E-state index in [0.29, 0.717) is 11.1 Å². The minimum Gasteiger partial charge on any atom is -0.480 e. The smallest absolute Gasteiger partial charge is 0.323 e. The van der Waals surface area contributed by atoms with Gasteiger partial charge in [0.25, 0.3) is 5.91 Å². The molecule has 3 N–H and O–H groups in total. The predicted octanol–water partition coefficient (Wildman–Crippen LogP) is 0.498. The normalized spacial score (nSPS) is 11.2. The molecule has 7 nitrogen and oxygen atoms in total. The average Bonchev–Trinajstić information content (AvgIpc) is 2.36. The number of aryl methyl sites for hydroxylation is 1. The summed E-state index contributed by atoms with van der Waals surface area (Å²) in [6.45, 7) is 4.64. The minimum atomic E-state index is -3.95. The van der Waals surface area contributed by atoms with Gasteiger partial charge in [-0.05, 0) is 44.0 Å². The third-order valence-corrected chi connectivity index (χ3v) is 4.21. The fourth-order valence-corrected chi connectivity index (χ4v) is 2.80. The van der Waals surface area contributed by atoms with Gasteiger partial charge in [0.05, 0.1) is 4.90 Å². The molecule has 1 aromatic rings. The standard InChI is InChI=1S/C13H18N2O5S/c1-4-15(7-12(16)17)13(18)10-5-8(2)9(3)11(6-10)21(14,19)20/h5-6H,4,7H2,1-3H3,(H,16,17)(H2,14,19,20). The molecule has 0 fully saturated rings. The van der Waals surface area contributed by atoms with Gasteiger partial charge < -0.3 is 10.0 Å². The molecule has 0 saturated carbocycles. The lowest BCUT2D eigenvalue weighted by Gasteiger charge is -2.19. The molecular weight excluding hydrogens is 296 g/mol. The van der Waals surface area contributed by atoms with E-state index in [-0.39, 0.29) is 17.0 Å². The summed E-state index contributed by atoms with van der Waals surface area (Å²) in [5.41, 5.74) is 1.16. The van der Waals surface area contributed by atoms with Crippen molar-refractivity contribution in [2.24, 2.45) is 5.14 Å². The number of hydrogen-bond acceptors (Lipinski definition) is 4. The number of carboxylic acid groups (broad SMARTS) is 1. The molecule has 0 bridgehead atoms. The quantitative estimate of drug-likeness (QED) is 0.820. The summed E-state index contributed by atoms with van der Waals surface area (Å²) >= 11 is 0. The second-order valence-electron chi connectivity index (χ2n) is 4.67. The van der Waals surface area contributed by atoms with E-state index < -0.39 is 28.4 Å². The van der Waals surface area contributed by atoms with E-state index in [4.69, 9.17) is 10.2 Å². The Hall–Kier alpha value is -1.93. The number of carbonyl (C=O) groups is 2. The first-order chi connectivity index (χ1) is 9.57. The van der Waals surface area contributed by atoms with E-state index >= 15 is 0 Å². The maximum absolute atomic E-state index is 12.3. The van der Waals surface area contributed by atoms with Gasteiger partial charge in [-0.1, -0.05) is 0 Å². The van der Waals surface area contributed by atoms with Crippen LogP contribution >= 0.6 is 0 Å². The molecule has 8 heteroatoms. The SMILES string of the molecule is CCN(CC(=O)O)C(=O)c1cc(C)c(C)c(S(N)(=O)=O)c1. The van der Waals surface area contributed by atoms with Crippen molar-refractivity contribution in [3.63, 3.8) is 0 Å². The van der Waals surface area contributed by atoms with Crippen LogP contribution in [0.3, 0.4) is 0 Å². The molecule has 21 heavy (non-hydrogen) atoms. The van der Waals surface area contributed by atoms with E-state index in [0.717, 1.165) is 4.90 Å². The number of nitrogens with zero attached hydrogens (tertiary/aromatic N) is 1. The van der Waals surface area contributed by atoms with Crippen LogP contribution < -0.4 is 5.14 Å². The number of carbonyl (C=O) groups excluding carboxylic acids is 1. The number of sulfonamides is 1. The summed E-state index contributed by atoms with van der Waals surface area (Å²) < 4.78 is 23.1. The molecule has 116 valence electrons. The van der Waals surface area contributed by atoms with Crippen molar-refractivity contribution < 1.29 is 23.1 Å². The largest absolute Gasteiger partial charge is 0.480 e. The van der Waals surface area contributed by atoms with E-state index in [9.17, 15) is 18.0 Å². The maximum Gasteiger partial charge on any atom is 0.323 e. The van der Waals surface area contributed by atoms with Crippen molar-refractivity contribution >= 4 is 21.9 Å². The zero-order valence-electron chi connectivity index (χ0n) is 12.1. The average molecular weight is 314 g/mol. The number of rotatable bonds is 5. The highest BCUT2D eigenvalue weighted by Crippen LogP contribution is 2.21. The topological polar surface area (TPSA) is 118 Å². The number of primary sulfonamides is 1. The summed E-state index contributed by atoms with van der Waals surface area (Å²) in [7, 11) is -3.95. The summed E-state index contributed by atoms with van der Waals surface area (Å²) in [6, 6.07) is 2.71. The number of benzene rings is 1. The molecular formula is C13H18N2O5S. The van der Waals surface area contributed by atoms with Crippen LogP contribution in [0.2, 0.25) is 0 Å². The van der Waals surface area contributed by atoms with Crippen molar-refractivity contribution in [3.05, 3.63) is 28.8 Å². The highest BCUT2D eigenvalue weighted by atomic mass is 32.2. The number of likely N-dealkylation sites (N-methyl/N-ethyl adjacent to an activating group) is 1. The van der Waals surface area contributed by atoms with Crippen LogP contribution in [0.15, 0.2) is 17.0 Å². The van der Waals surface area contributed by atoms with Gasteiger partial charge in [0.1, 0.15) is 6.54 Å². The van der Waals surface area contributed by atoms with Crippen LogP contribution in [0.4, 0.5) is 0 Å². The first kappa shape index (κ1) is 17.1. The number of hydrogen-bond donors (Lipinski definition) is 2. The van der Waals surface area contributed by atoms with E-state index in [1.807, 2.05) is 0 Å². The lowest BCUT2D eigenvalue weighted by molar-refractivity contribution is -0.137. The number of carboxylic acids is 1. The van der Waals surface area contributed by atoms with Crippen molar-refractivity contribution in [3.8, 4) is 0 Å². The van der Waals surface area contributed by atoms with E-state index in [1.165, 1.54) is 12.1 Å². The third-order valence-electron chi connectivity index (χ3n) is 3.17. The highest BCUT2D eigenvalue weighted by Gasteiger charge is 2.21. The summed E-state index contributed by atoms with van der Waals surface area (Å²) in [5, 5.41) is 13.9. The lowest BCUT2D eigenvalue weighted by Crippen LogP contribution is -2.35. The molecule has 1 rings (SSSR count). The first-order valence-corrected chi connectivity index (χ1v) is 7.77. The molecule has 0 unspecified atom stereocenters. The molecule has 0 spiro atoms.